The van der Waals surface area contributed by atoms with Crippen molar-refractivity contribution >= 4 is 22.0 Å². The van der Waals surface area contributed by atoms with Crippen LogP contribution in [-0.4, -0.2) is 36.3 Å². The predicted octanol–water partition coefficient (Wildman–Crippen LogP) is 5.39. The maximum atomic E-state index is 13.8. The first-order chi connectivity index (χ1) is 12.7. The molecule has 1 aliphatic heterocycles. The number of nitrogens with zero attached hydrogens (tertiary/aromatic N) is 1. The summed E-state index contributed by atoms with van der Waals surface area (Å²) in [5.41, 5.74) is 0.155. The number of piperidine rings is 1. The van der Waals surface area contributed by atoms with E-state index in [2.05, 4.69) is 15.9 Å². The normalized spacial score (nSPS) is 23.4. The van der Waals surface area contributed by atoms with Crippen LogP contribution in [0.1, 0.15) is 45.6 Å². The Labute approximate surface area is 169 Å². The number of ether oxygens (including phenoxy) is 2. The quantitative estimate of drug-likeness (QED) is 0.614. The average Bonchev–Trinajstić information content (AvgIpc) is 3.35. The van der Waals surface area contributed by atoms with Crippen LogP contribution < -0.4 is 0 Å². The SMILES string of the molecule is CC(C)(C)OC(=O)N1CCC(C2CC2COCc2ccc(Br)cc2F)CC1. The fraction of sp³-hybridized carbons (Fsp3) is 0.667. The van der Waals surface area contributed by atoms with E-state index >= 15 is 0 Å². The molecule has 1 aliphatic carbocycles. The molecule has 4 nitrogen and oxygen atoms in total. The third kappa shape index (κ3) is 5.92. The lowest BCUT2D eigenvalue weighted by atomic mass is 9.91. The van der Waals surface area contributed by atoms with Crippen LogP contribution in [0.25, 0.3) is 0 Å². The number of hydrogen-bond acceptors (Lipinski definition) is 3. The highest BCUT2D eigenvalue weighted by atomic mass is 79.9. The van der Waals surface area contributed by atoms with Gasteiger partial charge in [0.1, 0.15) is 11.4 Å². The van der Waals surface area contributed by atoms with Crippen LogP contribution in [0, 0.1) is 23.6 Å². The van der Waals surface area contributed by atoms with E-state index in [9.17, 15) is 9.18 Å². The molecule has 6 heteroatoms. The molecule has 0 bridgehead atoms. The Balaban J connectivity index is 1.36. The maximum Gasteiger partial charge on any atom is 0.410 e. The van der Waals surface area contributed by atoms with E-state index in [0.717, 1.165) is 30.4 Å². The average molecular weight is 442 g/mol. The molecule has 2 aliphatic rings. The number of rotatable bonds is 5. The largest absolute Gasteiger partial charge is 0.444 e. The lowest BCUT2D eigenvalue weighted by Crippen LogP contribution is -2.42. The number of likely N-dealkylation sites (tertiary alicyclic amines) is 1. The molecule has 1 saturated heterocycles. The zero-order valence-corrected chi connectivity index (χ0v) is 17.9. The number of halogens is 2. The number of amides is 1. The Morgan fingerprint density at radius 3 is 2.63 bits per heavy atom. The second-order valence-electron chi connectivity index (χ2n) is 8.72. The van der Waals surface area contributed by atoms with Crippen LogP contribution in [0.2, 0.25) is 0 Å². The van der Waals surface area contributed by atoms with Crippen LogP contribution in [0.15, 0.2) is 22.7 Å². The second kappa shape index (κ2) is 8.48. The molecule has 0 N–H and O–H groups in total. The molecule has 1 heterocycles. The highest BCUT2D eigenvalue weighted by molar-refractivity contribution is 9.10. The summed E-state index contributed by atoms with van der Waals surface area (Å²) in [5.74, 6) is 1.68. The van der Waals surface area contributed by atoms with Crippen LogP contribution in [0.3, 0.4) is 0 Å². The van der Waals surface area contributed by atoms with E-state index in [1.807, 2.05) is 31.7 Å². The smallest absolute Gasteiger partial charge is 0.410 e. The van der Waals surface area contributed by atoms with Crippen molar-refractivity contribution in [3.63, 3.8) is 0 Å². The van der Waals surface area contributed by atoms with Gasteiger partial charge in [0.2, 0.25) is 0 Å². The molecule has 1 aromatic carbocycles. The van der Waals surface area contributed by atoms with Gasteiger partial charge in [0.15, 0.2) is 0 Å². The first-order valence-electron chi connectivity index (χ1n) is 9.72. The van der Waals surface area contributed by atoms with Crippen LogP contribution >= 0.6 is 15.9 Å². The number of carbonyl (C=O) groups excluding carboxylic acids is 1. The van der Waals surface area contributed by atoms with Crippen LogP contribution in [0.5, 0.6) is 0 Å². The van der Waals surface area contributed by atoms with Gasteiger partial charge in [0, 0.05) is 23.1 Å². The number of hydrogen-bond donors (Lipinski definition) is 0. The van der Waals surface area contributed by atoms with Crippen molar-refractivity contribution in [2.45, 2.75) is 52.2 Å². The monoisotopic (exact) mass is 441 g/mol. The zero-order chi connectivity index (χ0) is 19.6. The molecule has 0 spiro atoms. The minimum Gasteiger partial charge on any atom is -0.444 e. The Bertz CT molecular complexity index is 668. The van der Waals surface area contributed by atoms with E-state index in [1.165, 1.54) is 12.5 Å². The molecule has 0 aromatic heterocycles. The van der Waals surface area contributed by atoms with Gasteiger partial charge in [0.05, 0.1) is 13.2 Å². The minimum atomic E-state index is -0.443. The molecule has 2 unspecified atom stereocenters. The Morgan fingerprint density at radius 1 is 1.30 bits per heavy atom. The molecule has 1 saturated carbocycles. The van der Waals surface area contributed by atoms with Crippen molar-refractivity contribution in [1.82, 2.24) is 4.90 Å². The highest BCUT2D eigenvalue weighted by Gasteiger charge is 2.44. The molecule has 27 heavy (non-hydrogen) atoms. The molecular formula is C21H29BrFNO3. The first kappa shape index (κ1) is 20.6. The predicted molar refractivity (Wildman–Crippen MR) is 106 cm³/mol. The molecule has 2 fully saturated rings. The van der Waals surface area contributed by atoms with Gasteiger partial charge in [0.25, 0.3) is 0 Å². The molecule has 1 aromatic rings. The Hall–Kier alpha value is -1.14. The molecular weight excluding hydrogens is 413 g/mol. The molecule has 1 amide bonds. The van der Waals surface area contributed by atoms with Gasteiger partial charge in [-0.05, 0) is 69.9 Å². The number of benzene rings is 1. The summed E-state index contributed by atoms with van der Waals surface area (Å²) in [6, 6.07) is 5.06. The van der Waals surface area contributed by atoms with Crippen LogP contribution in [-0.2, 0) is 16.1 Å². The minimum absolute atomic E-state index is 0.201. The Kier molecular flexibility index (Phi) is 6.46. The van der Waals surface area contributed by atoms with E-state index in [1.54, 1.807) is 6.07 Å². The second-order valence-corrected chi connectivity index (χ2v) is 9.63. The van der Waals surface area contributed by atoms with Gasteiger partial charge < -0.3 is 14.4 Å². The number of carbonyl (C=O) groups is 1. The summed E-state index contributed by atoms with van der Waals surface area (Å²) < 4.78 is 25.8. The van der Waals surface area contributed by atoms with Gasteiger partial charge in [-0.15, -0.1) is 0 Å². The molecule has 0 radical (unpaired) electrons. The van der Waals surface area contributed by atoms with Gasteiger partial charge >= 0.3 is 6.09 Å². The van der Waals surface area contributed by atoms with Crippen molar-refractivity contribution in [2.75, 3.05) is 19.7 Å². The standard InChI is InChI=1S/C21H29BrFNO3/c1-21(2,3)27-20(25)24-8-6-14(7-9-24)18-10-16(18)13-26-12-15-4-5-17(22)11-19(15)23/h4-5,11,14,16,18H,6-10,12-13H2,1-3H3. The fourth-order valence-electron chi connectivity index (χ4n) is 3.84. The molecule has 150 valence electrons. The Morgan fingerprint density at radius 2 is 2.00 bits per heavy atom. The highest BCUT2D eigenvalue weighted by Crippen LogP contribution is 2.48. The van der Waals surface area contributed by atoms with Crippen molar-refractivity contribution < 1.29 is 18.7 Å². The van der Waals surface area contributed by atoms with Gasteiger partial charge in [-0.3, -0.25) is 0 Å². The third-order valence-electron chi connectivity index (χ3n) is 5.38. The first-order valence-corrected chi connectivity index (χ1v) is 10.5. The summed E-state index contributed by atoms with van der Waals surface area (Å²) in [6.07, 6.45) is 3.04. The third-order valence-corrected chi connectivity index (χ3v) is 5.87. The summed E-state index contributed by atoms with van der Waals surface area (Å²) in [5, 5.41) is 0. The molecule has 3 rings (SSSR count). The summed E-state index contributed by atoms with van der Waals surface area (Å²) in [6.45, 7) is 8.24. The van der Waals surface area contributed by atoms with Crippen molar-refractivity contribution in [1.29, 1.82) is 0 Å². The van der Waals surface area contributed by atoms with Crippen molar-refractivity contribution in [3.8, 4) is 0 Å². The fourth-order valence-corrected chi connectivity index (χ4v) is 4.17. The lowest BCUT2D eigenvalue weighted by molar-refractivity contribution is 0.0169. The maximum absolute atomic E-state index is 13.8. The summed E-state index contributed by atoms with van der Waals surface area (Å²) in [7, 11) is 0. The molecule has 2 atom stereocenters. The topological polar surface area (TPSA) is 38.8 Å². The van der Waals surface area contributed by atoms with E-state index in [0.29, 0.717) is 36.5 Å². The summed E-state index contributed by atoms with van der Waals surface area (Å²) >= 11 is 3.26. The van der Waals surface area contributed by atoms with Crippen molar-refractivity contribution in [2.24, 2.45) is 17.8 Å². The van der Waals surface area contributed by atoms with E-state index in [4.69, 9.17) is 9.47 Å². The van der Waals surface area contributed by atoms with Gasteiger partial charge in [-0.25, -0.2) is 9.18 Å². The summed E-state index contributed by atoms with van der Waals surface area (Å²) in [4.78, 5) is 14.0. The zero-order valence-electron chi connectivity index (χ0n) is 16.3. The van der Waals surface area contributed by atoms with Gasteiger partial charge in [-0.1, -0.05) is 22.0 Å². The van der Waals surface area contributed by atoms with E-state index in [-0.39, 0.29) is 11.9 Å². The van der Waals surface area contributed by atoms with Crippen LogP contribution in [0.4, 0.5) is 9.18 Å². The van der Waals surface area contributed by atoms with Gasteiger partial charge in [-0.2, -0.15) is 0 Å². The van der Waals surface area contributed by atoms with Crippen molar-refractivity contribution in [3.05, 3.63) is 34.1 Å². The lowest BCUT2D eigenvalue weighted by Gasteiger charge is -2.33. The van der Waals surface area contributed by atoms with E-state index < -0.39 is 5.60 Å².